The van der Waals surface area contributed by atoms with Crippen LogP contribution in [0.2, 0.25) is 0 Å². The van der Waals surface area contributed by atoms with Crippen LogP contribution in [0.1, 0.15) is 55.3 Å². The Morgan fingerprint density at radius 2 is 2.10 bits per heavy atom. The van der Waals surface area contributed by atoms with Crippen LogP contribution in [0.3, 0.4) is 0 Å². The van der Waals surface area contributed by atoms with Gasteiger partial charge in [0.1, 0.15) is 0 Å². The van der Waals surface area contributed by atoms with E-state index < -0.39 is 0 Å². The van der Waals surface area contributed by atoms with Crippen molar-refractivity contribution < 1.29 is 0 Å². The van der Waals surface area contributed by atoms with E-state index in [0.717, 1.165) is 17.4 Å². The van der Waals surface area contributed by atoms with Crippen LogP contribution >= 0.6 is 11.3 Å². The van der Waals surface area contributed by atoms with E-state index in [-0.39, 0.29) is 0 Å². The van der Waals surface area contributed by atoms with Gasteiger partial charge in [0, 0.05) is 23.7 Å². The molecule has 0 aromatic carbocycles. The summed E-state index contributed by atoms with van der Waals surface area (Å²) in [6.07, 6.45) is 9.26. The number of aromatic nitrogens is 2. The second kappa shape index (κ2) is 5.86. The fourth-order valence-corrected chi connectivity index (χ4v) is 4.27. The zero-order chi connectivity index (χ0) is 14.1. The van der Waals surface area contributed by atoms with Crippen molar-refractivity contribution in [2.75, 3.05) is 0 Å². The molecule has 2 aromatic heterocycles. The fraction of sp³-hybridized carbons (Fsp3) is 0.688. The van der Waals surface area contributed by atoms with Gasteiger partial charge in [-0.2, -0.15) is 0 Å². The van der Waals surface area contributed by atoms with Gasteiger partial charge in [-0.05, 0) is 39.5 Å². The van der Waals surface area contributed by atoms with Crippen molar-refractivity contribution in [1.29, 1.82) is 0 Å². The molecule has 3 rings (SSSR count). The predicted octanol–water partition coefficient (Wildman–Crippen LogP) is 4.07. The van der Waals surface area contributed by atoms with Crippen LogP contribution in [-0.2, 0) is 6.54 Å². The van der Waals surface area contributed by atoms with Crippen molar-refractivity contribution in [3.8, 4) is 0 Å². The second-order valence-corrected chi connectivity index (χ2v) is 7.42. The first-order chi connectivity index (χ1) is 9.65. The Bertz CT molecular complexity index is 578. The number of nitrogens with one attached hydrogen (secondary N) is 1. The predicted molar refractivity (Wildman–Crippen MR) is 85.4 cm³/mol. The summed E-state index contributed by atoms with van der Waals surface area (Å²) in [6, 6.07) is 0.611. The maximum atomic E-state index is 4.67. The molecule has 1 aliphatic carbocycles. The highest BCUT2D eigenvalue weighted by atomic mass is 32.1. The average Bonchev–Trinajstić information content (AvgIpc) is 2.92. The van der Waals surface area contributed by atoms with Crippen LogP contribution in [-0.4, -0.2) is 15.4 Å². The molecule has 0 saturated heterocycles. The van der Waals surface area contributed by atoms with Gasteiger partial charge in [0.05, 0.1) is 11.4 Å². The lowest BCUT2D eigenvalue weighted by molar-refractivity contribution is 0.280. The molecule has 2 heterocycles. The first kappa shape index (κ1) is 14.1. The van der Waals surface area contributed by atoms with Crippen molar-refractivity contribution in [3.63, 3.8) is 0 Å². The monoisotopic (exact) mass is 291 g/mol. The van der Waals surface area contributed by atoms with Crippen LogP contribution < -0.4 is 5.32 Å². The van der Waals surface area contributed by atoms with E-state index in [1.807, 2.05) is 0 Å². The highest BCUT2D eigenvalue weighted by Crippen LogP contribution is 2.27. The molecular formula is C16H25N3S. The average molecular weight is 291 g/mol. The molecule has 110 valence electrons. The van der Waals surface area contributed by atoms with Crippen LogP contribution in [0, 0.1) is 19.8 Å². The summed E-state index contributed by atoms with van der Waals surface area (Å²) in [5, 5.41) is 3.74. The van der Waals surface area contributed by atoms with Gasteiger partial charge in [0.15, 0.2) is 4.96 Å². The molecule has 20 heavy (non-hydrogen) atoms. The van der Waals surface area contributed by atoms with Gasteiger partial charge in [0.2, 0.25) is 0 Å². The summed E-state index contributed by atoms with van der Waals surface area (Å²) in [7, 11) is 0. The van der Waals surface area contributed by atoms with Gasteiger partial charge in [-0.25, -0.2) is 4.98 Å². The van der Waals surface area contributed by atoms with E-state index >= 15 is 0 Å². The number of thiazole rings is 1. The molecule has 0 radical (unpaired) electrons. The smallest absolute Gasteiger partial charge is 0.194 e. The Kier molecular flexibility index (Phi) is 4.13. The van der Waals surface area contributed by atoms with Gasteiger partial charge in [-0.3, -0.25) is 4.40 Å². The number of hydrogen-bond donors (Lipinski definition) is 1. The minimum atomic E-state index is 0.611. The topological polar surface area (TPSA) is 29.3 Å². The van der Waals surface area contributed by atoms with Gasteiger partial charge in [0.25, 0.3) is 0 Å². The number of hydrogen-bond acceptors (Lipinski definition) is 3. The molecule has 1 aliphatic rings. The number of aryl methyl sites for hydroxylation is 2. The molecule has 0 aliphatic heterocycles. The summed E-state index contributed by atoms with van der Waals surface area (Å²) in [5.41, 5.74) is 2.49. The molecular weight excluding hydrogens is 266 g/mol. The molecule has 1 saturated carbocycles. The van der Waals surface area contributed by atoms with Gasteiger partial charge >= 0.3 is 0 Å². The van der Waals surface area contributed by atoms with E-state index in [2.05, 4.69) is 41.7 Å². The standard InChI is InChI=1S/C16H25N3S/c1-11-10-19-15(13(3)18-16(19)20-11)9-17-12(2)14-7-5-4-6-8-14/h10,12,14,17H,4-9H2,1-3H3. The summed E-state index contributed by atoms with van der Waals surface area (Å²) < 4.78 is 2.26. The van der Waals surface area contributed by atoms with Crippen molar-refractivity contribution in [1.82, 2.24) is 14.7 Å². The summed E-state index contributed by atoms with van der Waals surface area (Å²) >= 11 is 1.77. The van der Waals surface area contributed by atoms with E-state index in [1.165, 1.54) is 48.4 Å². The minimum Gasteiger partial charge on any atom is -0.308 e. The highest BCUT2D eigenvalue weighted by molar-refractivity contribution is 7.17. The Morgan fingerprint density at radius 3 is 2.85 bits per heavy atom. The Labute approximate surface area is 125 Å². The van der Waals surface area contributed by atoms with E-state index in [9.17, 15) is 0 Å². The maximum Gasteiger partial charge on any atom is 0.194 e. The lowest BCUT2D eigenvalue weighted by Gasteiger charge is -2.28. The van der Waals surface area contributed by atoms with Crippen molar-refractivity contribution in [2.24, 2.45) is 5.92 Å². The number of imidazole rings is 1. The molecule has 0 bridgehead atoms. The van der Waals surface area contributed by atoms with Crippen LogP contribution in [0.4, 0.5) is 0 Å². The zero-order valence-corrected chi connectivity index (χ0v) is 13.6. The lowest BCUT2D eigenvalue weighted by atomic mass is 9.84. The molecule has 1 unspecified atom stereocenters. The van der Waals surface area contributed by atoms with E-state index in [1.54, 1.807) is 11.3 Å². The van der Waals surface area contributed by atoms with Crippen LogP contribution in [0.5, 0.6) is 0 Å². The number of rotatable bonds is 4. The fourth-order valence-electron chi connectivity index (χ4n) is 3.38. The molecule has 1 fully saturated rings. The zero-order valence-electron chi connectivity index (χ0n) is 12.8. The molecule has 0 amide bonds. The Balaban J connectivity index is 1.68. The molecule has 0 spiro atoms. The molecule has 3 nitrogen and oxygen atoms in total. The maximum absolute atomic E-state index is 4.67. The minimum absolute atomic E-state index is 0.611. The molecule has 1 atom stereocenters. The molecule has 1 N–H and O–H groups in total. The third-order valence-electron chi connectivity index (χ3n) is 4.69. The van der Waals surface area contributed by atoms with Crippen molar-refractivity contribution in [3.05, 3.63) is 22.5 Å². The second-order valence-electron chi connectivity index (χ2n) is 6.21. The van der Waals surface area contributed by atoms with E-state index in [4.69, 9.17) is 0 Å². The van der Waals surface area contributed by atoms with Gasteiger partial charge in [-0.1, -0.05) is 19.3 Å². The van der Waals surface area contributed by atoms with Gasteiger partial charge in [-0.15, -0.1) is 11.3 Å². The van der Waals surface area contributed by atoms with Crippen molar-refractivity contribution in [2.45, 2.75) is 65.5 Å². The normalized spacial score (nSPS) is 18.8. The number of fused-ring (bicyclic) bond motifs is 1. The summed E-state index contributed by atoms with van der Waals surface area (Å²) in [4.78, 5) is 7.12. The SMILES string of the molecule is Cc1cn2c(CNC(C)C3CCCCC3)c(C)nc2s1. The lowest BCUT2D eigenvalue weighted by Crippen LogP contribution is -2.34. The Morgan fingerprint density at radius 1 is 1.35 bits per heavy atom. The first-order valence-corrected chi connectivity index (χ1v) is 8.64. The summed E-state index contributed by atoms with van der Waals surface area (Å²) in [6.45, 7) is 7.55. The molecule has 4 heteroatoms. The van der Waals surface area contributed by atoms with Gasteiger partial charge < -0.3 is 5.32 Å². The summed E-state index contributed by atoms with van der Waals surface area (Å²) in [5.74, 6) is 0.858. The quantitative estimate of drug-likeness (QED) is 0.920. The van der Waals surface area contributed by atoms with Crippen LogP contribution in [0.15, 0.2) is 6.20 Å². The van der Waals surface area contributed by atoms with E-state index in [0.29, 0.717) is 6.04 Å². The van der Waals surface area contributed by atoms with Crippen LogP contribution in [0.25, 0.3) is 4.96 Å². The third kappa shape index (κ3) is 2.77. The molecule has 2 aromatic rings. The largest absolute Gasteiger partial charge is 0.308 e. The third-order valence-corrected chi connectivity index (χ3v) is 5.59. The highest BCUT2D eigenvalue weighted by Gasteiger charge is 2.20. The number of nitrogens with zero attached hydrogens (tertiary/aromatic N) is 2. The first-order valence-electron chi connectivity index (χ1n) is 7.82. The Hall–Kier alpha value is -0.870. The van der Waals surface area contributed by atoms with Crippen molar-refractivity contribution >= 4 is 16.3 Å².